The molecular formula is C10H15NO2S. The molecule has 14 heavy (non-hydrogen) atoms. The molecule has 0 aliphatic carbocycles. The summed E-state index contributed by atoms with van der Waals surface area (Å²) >= 11 is 1.27. The molecular weight excluding hydrogens is 198 g/mol. The number of thiophene rings is 1. The molecule has 1 aromatic heterocycles. The molecule has 0 fully saturated rings. The Morgan fingerprint density at radius 2 is 2.07 bits per heavy atom. The fourth-order valence-corrected chi connectivity index (χ4v) is 2.41. The van der Waals surface area contributed by atoms with Crippen LogP contribution in [0.1, 0.15) is 41.2 Å². The molecule has 0 atom stereocenters. The minimum atomic E-state index is -0.807. The number of primary amides is 1. The van der Waals surface area contributed by atoms with Crippen LogP contribution in [0.2, 0.25) is 0 Å². The summed E-state index contributed by atoms with van der Waals surface area (Å²) in [6.45, 7) is 3.85. The molecule has 1 aromatic rings. The third-order valence-electron chi connectivity index (χ3n) is 2.48. The van der Waals surface area contributed by atoms with Gasteiger partial charge in [0.2, 0.25) is 0 Å². The van der Waals surface area contributed by atoms with E-state index in [1.807, 2.05) is 13.8 Å². The molecule has 1 amide bonds. The molecule has 0 aliphatic heterocycles. The van der Waals surface area contributed by atoms with Gasteiger partial charge in [-0.15, -0.1) is 11.3 Å². The maximum absolute atomic E-state index is 10.9. The Labute approximate surface area is 87.6 Å². The second kappa shape index (κ2) is 4.11. The van der Waals surface area contributed by atoms with Crippen molar-refractivity contribution in [3.63, 3.8) is 0 Å². The molecule has 0 bridgehead atoms. The summed E-state index contributed by atoms with van der Waals surface area (Å²) in [5, 5.41) is 10.2. The van der Waals surface area contributed by atoms with Crippen LogP contribution >= 0.6 is 11.3 Å². The molecule has 0 aromatic carbocycles. The maximum Gasteiger partial charge on any atom is 0.258 e. The van der Waals surface area contributed by atoms with Gasteiger partial charge < -0.3 is 10.8 Å². The van der Waals surface area contributed by atoms with E-state index in [4.69, 9.17) is 5.73 Å². The number of carbonyl (C=O) groups excluding carboxylic acids is 1. The number of aliphatic hydroxyl groups is 1. The van der Waals surface area contributed by atoms with E-state index in [0.29, 0.717) is 17.7 Å². The monoisotopic (exact) mass is 213 g/mol. The van der Waals surface area contributed by atoms with Crippen molar-refractivity contribution >= 4 is 17.2 Å². The van der Waals surface area contributed by atoms with Gasteiger partial charge in [0.1, 0.15) is 0 Å². The minimum absolute atomic E-state index is 0.434. The number of rotatable bonds is 4. The zero-order chi connectivity index (χ0) is 10.8. The first-order valence-electron chi connectivity index (χ1n) is 4.66. The predicted octanol–water partition coefficient (Wildman–Crippen LogP) is 1.85. The lowest BCUT2D eigenvalue weighted by molar-refractivity contribution is 0.0321. The van der Waals surface area contributed by atoms with Gasteiger partial charge in [-0.3, -0.25) is 4.79 Å². The predicted molar refractivity (Wildman–Crippen MR) is 57.3 cm³/mol. The highest BCUT2D eigenvalue weighted by molar-refractivity contribution is 7.14. The van der Waals surface area contributed by atoms with Gasteiger partial charge in [-0.1, -0.05) is 13.8 Å². The molecule has 4 heteroatoms. The van der Waals surface area contributed by atoms with E-state index < -0.39 is 11.5 Å². The molecule has 0 spiro atoms. The molecule has 1 heterocycles. The zero-order valence-corrected chi connectivity index (χ0v) is 9.23. The fraction of sp³-hybridized carbons (Fsp3) is 0.500. The van der Waals surface area contributed by atoms with Crippen molar-refractivity contribution in [3.05, 3.63) is 21.9 Å². The smallest absolute Gasteiger partial charge is 0.258 e. The highest BCUT2D eigenvalue weighted by Crippen LogP contribution is 2.33. The summed E-state index contributed by atoms with van der Waals surface area (Å²) in [5.74, 6) is -0.434. The molecule has 0 radical (unpaired) electrons. The summed E-state index contributed by atoms with van der Waals surface area (Å²) in [4.78, 5) is 12.2. The van der Waals surface area contributed by atoms with E-state index in [0.717, 1.165) is 4.88 Å². The van der Waals surface area contributed by atoms with Crippen molar-refractivity contribution in [3.8, 4) is 0 Å². The summed E-state index contributed by atoms with van der Waals surface area (Å²) in [6.07, 6.45) is 1.28. The van der Waals surface area contributed by atoms with E-state index >= 15 is 0 Å². The standard InChI is InChI=1S/C10H15NO2S/c1-3-10(13,4-2)8-6-5-7(14-8)9(11)12/h5-6,13H,3-4H2,1-2H3,(H2,11,12). The van der Waals surface area contributed by atoms with Crippen LogP contribution in [-0.2, 0) is 5.60 Å². The van der Waals surface area contributed by atoms with Gasteiger partial charge in [-0.05, 0) is 25.0 Å². The quantitative estimate of drug-likeness (QED) is 0.801. The van der Waals surface area contributed by atoms with Crippen molar-refractivity contribution in [2.24, 2.45) is 5.73 Å². The van der Waals surface area contributed by atoms with Crippen LogP contribution in [0.15, 0.2) is 12.1 Å². The highest BCUT2D eigenvalue weighted by Gasteiger charge is 2.27. The molecule has 0 saturated heterocycles. The van der Waals surface area contributed by atoms with Crippen molar-refractivity contribution < 1.29 is 9.90 Å². The molecule has 1 rings (SSSR count). The number of hydrogen-bond acceptors (Lipinski definition) is 3. The Morgan fingerprint density at radius 1 is 1.50 bits per heavy atom. The Hall–Kier alpha value is -0.870. The summed E-state index contributed by atoms with van der Waals surface area (Å²) in [7, 11) is 0. The number of nitrogens with two attached hydrogens (primary N) is 1. The lowest BCUT2D eigenvalue weighted by atomic mass is 9.96. The number of carbonyl (C=O) groups is 1. The SMILES string of the molecule is CCC(O)(CC)c1ccc(C(N)=O)s1. The lowest BCUT2D eigenvalue weighted by Crippen LogP contribution is -2.21. The number of amides is 1. The fourth-order valence-electron chi connectivity index (χ4n) is 1.32. The van der Waals surface area contributed by atoms with Crippen molar-refractivity contribution in [1.29, 1.82) is 0 Å². The molecule has 78 valence electrons. The van der Waals surface area contributed by atoms with Gasteiger partial charge in [-0.25, -0.2) is 0 Å². The van der Waals surface area contributed by atoms with Gasteiger partial charge in [0.05, 0.1) is 10.5 Å². The second-order valence-corrected chi connectivity index (χ2v) is 4.35. The average molecular weight is 213 g/mol. The van der Waals surface area contributed by atoms with Crippen LogP contribution in [0.3, 0.4) is 0 Å². The second-order valence-electron chi connectivity index (χ2n) is 3.27. The van der Waals surface area contributed by atoms with Gasteiger partial charge >= 0.3 is 0 Å². The van der Waals surface area contributed by atoms with Crippen LogP contribution < -0.4 is 5.73 Å². The van der Waals surface area contributed by atoms with E-state index in [9.17, 15) is 9.90 Å². The van der Waals surface area contributed by atoms with Crippen molar-refractivity contribution in [1.82, 2.24) is 0 Å². The maximum atomic E-state index is 10.9. The Bertz CT molecular complexity index is 329. The molecule has 0 aliphatic rings. The van der Waals surface area contributed by atoms with Gasteiger partial charge in [0.25, 0.3) is 5.91 Å². The number of hydrogen-bond donors (Lipinski definition) is 2. The van der Waals surface area contributed by atoms with Crippen LogP contribution in [0.25, 0.3) is 0 Å². The lowest BCUT2D eigenvalue weighted by Gasteiger charge is -2.23. The van der Waals surface area contributed by atoms with Gasteiger partial charge in [0, 0.05) is 4.88 Å². The third kappa shape index (κ3) is 1.96. The Balaban J connectivity index is 3.01. The van der Waals surface area contributed by atoms with Crippen molar-refractivity contribution in [2.75, 3.05) is 0 Å². The average Bonchev–Trinajstić information content (AvgIpc) is 2.66. The highest BCUT2D eigenvalue weighted by atomic mass is 32.1. The molecule has 0 saturated carbocycles. The van der Waals surface area contributed by atoms with Crippen LogP contribution in [-0.4, -0.2) is 11.0 Å². The first kappa shape index (κ1) is 11.2. The first-order valence-corrected chi connectivity index (χ1v) is 5.47. The van der Waals surface area contributed by atoms with Crippen LogP contribution in [0.4, 0.5) is 0 Å². The summed E-state index contributed by atoms with van der Waals surface area (Å²) in [5.41, 5.74) is 4.34. The van der Waals surface area contributed by atoms with E-state index in [1.165, 1.54) is 11.3 Å². The van der Waals surface area contributed by atoms with Gasteiger partial charge in [-0.2, -0.15) is 0 Å². The third-order valence-corrected chi connectivity index (χ3v) is 3.77. The minimum Gasteiger partial charge on any atom is -0.384 e. The molecule has 3 nitrogen and oxygen atoms in total. The zero-order valence-electron chi connectivity index (χ0n) is 8.41. The largest absolute Gasteiger partial charge is 0.384 e. The molecule has 3 N–H and O–H groups in total. The summed E-state index contributed by atoms with van der Waals surface area (Å²) in [6, 6.07) is 3.44. The Kier molecular flexibility index (Phi) is 3.29. The van der Waals surface area contributed by atoms with Crippen LogP contribution in [0.5, 0.6) is 0 Å². The van der Waals surface area contributed by atoms with Crippen molar-refractivity contribution in [2.45, 2.75) is 32.3 Å². The Morgan fingerprint density at radius 3 is 2.43 bits per heavy atom. The van der Waals surface area contributed by atoms with Gasteiger partial charge in [0.15, 0.2) is 0 Å². The normalized spacial score (nSPS) is 11.6. The van der Waals surface area contributed by atoms with E-state index in [1.54, 1.807) is 12.1 Å². The van der Waals surface area contributed by atoms with Crippen LogP contribution in [0, 0.1) is 0 Å². The topological polar surface area (TPSA) is 63.3 Å². The van der Waals surface area contributed by atoms with E-state index in [2.05, 4.69) is 0 Å². The van der Waals surface area contributed by atoms with E-state index in [-0.39, 0.29) is 0 Å². The molecule has 0 unspecified atom stereocenters. The first-order chi connectivity index (χ1) is 6.53. The summed E-state index contributed by atoms with van der Waals surface area (Å²) < 4.78 is 0.